The summed E-state index contributed by atoms with van der Waals surface area (Å²) in [6, 6.07) is 12.7. The van der Waals surface area contributed by atoms with Gasteiger partial charge in [0.1, 0.15) is 11.9 Å². The molecule has 1 atom stereocenters. The van der Waals surface area contributed by atoms with Crippen LogP contribution in [0.1, 0.15) is 35.2 Å². The van der Waals surface area contributed by atoms with E-state index in [-0.39, 0.29) is 24.6 Å². The van der Waals surface area contributed by atoms with Gasteiger partial charge in [-0.3, -0.25) is 14.6 Å². The number of terminal acetylenes is 1. The highest BCUT2D eigenvalue weighted by Crippen LogP contribution is 2.28. The molecule has 1 heterocycles. The van der Waals surface area contributed by atoms with Gasteiger partial charge < -0.3 is 26.0 Å². The molecule has 1 saturated heterocycles. The molecule has 0 aromatic heterocycles. The zero-order chi connectivity index (χ0) is 23.6. The Balaban J connectivity index is 1.94. The number of hydrogen-bond acceptors (Lipinski definition) is 6. The third-order valence-electron chi connectivity index (χ3n) is 5.24. The number of benzene rings is 2. The van der Waals surface area contributed by atoms with Crippen molar-refractivity contribution in [1.29, 1.82) is 0 Å². The number of rotatable bonds is 8. The van der Waals surface area contributed by atoms with Gasteiger partial charge in [-0.05, 0) is 49.6 Å². The molecular formula is C25H29N5O3. The summed E-state index contributed by atoms with van der Waals surface area (Å²) in [7, 11) is 3.16. The minimum absolute atomic E-state index is 0.149. The van der Waals surface area contributed by atoms with E-state index in [4.69, 9.17) is 11.2 Å². The summed E-state index contributed by atoms with van der Waals surface area (Å²) in [5.74, 6) is 1.86. The summed E-state index contributed by atoms with van der Waals surface area (Å²) < 4.78 is 5.84. The van der Waals surface area contributed by atoms with E-state index >= 15 is 0 Å². The Hall–Kier alpha value is -3.83. The van der Waals surface area contributed by atoms with Crippen LogP contribution >= 0.6 is 0 Å². The number of para-hydroxylation sites is 1. The predicted molar refractivity (Wildman–Crippen MR) is 131 cm³/mol. The van der Waals surface area contributed by atoms with Crippen molar-refractivity contribution in [3.8, 4) is 12.3 Å². The smallest absolute Gasteiger partial charge is 0.269 e. The Labute approximate surface area is 194 Å². The maximum atomic E-state index is 12.5. The van der Waals surface area contributed by atoms with Crippen LogP contribution < -0.4 is 21.3 Å². The van der Waals surface area contributed by atoms with Crippen molar-refractivity contribution in [3.63, 3.8) is 0 Å². The summed E-state index contributed by atoms with van der Waals surface area (Å²) in [5, 5.41) is 12.0. The molecule has 1 aliphatic heterocycles. The number of carbonyl (C=O) groups excluding carboxylic acids is 2. The number of amides is 2. The van der Waals surface area contributed by atoms with Crippen molar-refractivity contribution in [1.82, 2.24) is 10.6 Å². The van der Waals surface area contributed by atoms with Crippen LogP contribution in [0.25, 0.3) is 0 Å². The molecule has 8 nitrogen and oxygen atoms in total. The van der Waals surface area contributed by atoms with Crippen LogP contribution in [0.5, 0.6) is 0 Å². The molecule has 1 aliphatic rings. The summed E-state index contributed by atoms with van der Waals surface area (Å²) >= 11 is 0. The molecule has 0 radical (unpaired) electrons. The van der Waals surface area contributed by atoms with Gasteiger partial charge in [-0.25, -0.2) is 0 Å². The summed E-state index contributed by atoms with van der Waals surface area (Å²) in [6.07, 6.45) is 8.07. The van der Waals surface area contributed by atoms with E-state index in [1.165, 1.54) is 0 Å². The first kappa shape index (κ1) is 23.8. The summed E-state index contributed by atoms with van der Waals surface area (Å²) in [4.78, 5) is 29.1. The average molecular weight is 448 g/mol. The Kier molecular flexibility index (Phi) is 8.44. The highest BCUT2D eigenvalue weighted by Gasteiger charge is 2.20. The molecule has 33 heavy (non-hydrogen) atoms. The molecule has 2 aromatic carbocycles. The molecule has 2 amide bonds. The topological polar surface area (TPSA) is 104 Å². The van der Waals surface area contributed by atoms with E-state index in [1.54, 1.807) is 26.2 Å². The Morgan fingerprint density at radius 2 is 1.97 bits per heavy atom. The number of likely N-dealkylation sites (N-methyl/N-ethyl adjacent to an activating group) is 1. The van der Waals surface area contributed by atoms with Crippen molar-refractivity contribution in [2.45, 2.75) is 25.5 Å². The van der Waals surface area contributed by atoms with Crippen molar-refractivity contribution >= 4 is 34.6 Å². The van der Waals surface area contributed by atoms with Crippen molar-refractivity contribution in [2.24, 2.45) is 4.99 Å². The Morgan fingerprint density at radius 1 is 1.15 bits per heavy atom. The van der Waals surface area contributed by atoms with Gasteiger partial charge in [-0.1, -0.05) is 18.1 Å². The maximum absolute atomic E-state index is 12.5. The molecule has 2 aromatic rings. The van der Waals surface area contributed by atoms with E-state index in [2.05, 4.69) is 32.2 Å². The number of ether oxygens (including phenoxy) is 1. The third kappa shape index (κ3) is 6.11. The lowest BCUT2D eigenvalue weighted by atomic mass is 10.0. The maximum Gasteiger partial charge on any atom is 0.269 e. The van der Waals surface area contributed by atoms with Gasteiger partial charge in [0.25, 0.3) is 11.8 Å². The van der Waals surface area contributed by atoms with Crippen LogP contribution in [0.2, 0.25) is 0 Å². The first-order valence-corrected chi connectivity index (χ1v) is 10.9. The summed E-state index contributed by atoms with van der Waals surface area (Å²) in [6.45, 7) is 0.838. The average Bonchev–Trinajstić information content (AvgIpc) is 2.85. The molecule has 3 rings (SSSR count). The van der Waals surface area contributed by atoms with Gasteiger partial charge >= 0.3 is 0 Å². The highest BCUT2D eigenvalue weighted by molar-refractivity contribution is 6.46. The highest BCUT2D eigenvalue weighted by atomic mass is 16.5. The van der Waals surface area contributed by atoms with Gasteiger partial charge in [0, 0.05) is 37.6 Å². The predicted octanol–water partition coefficient (Wildman–Crippen LogP) is 2.90. The standard InChI is InChI=1S/C25H29N5O3/c1-4-14-28-24(31)19-9-5-6-10-20(19)29-17-12-13-18(23(26-2)25(32)27-3)21(16-17)30-22-11-7-8-15-33-22/h1,5-6,9-10,12-13,16,22,29-30H,7-8,11,14-15H2,2-3H3,(H,27,32)(H,28,31)/b26-23+. The Bertz CT molecular complexity index is 1070. The van der Waals surface area contributed by atoms with Gasteiger partial charge in [0.15, 0.2) is 0 Å². The quantitative estimate of drug-likeness (QED) is 0.368. The van der Waals surface area contributed by atoms with Crippen LogP contribution in [0.4, 0.5) is 17.1 Å². The number of anilines is 3. The fourth-order valence-electron chi connectivity index (χ4n) is 3.61. The van der Waals surface area contributed by atoms with E-state index < -0.39 is 0 Å². The van der Waals surface area contributed by atoms with E-state index in [1.807, 2.05) is 30.3 Å². The van der Waals surface area contributed by atoms with Gasteiger partial charge in [-0.15, -0.1) is 6.42 Å². The molecule has 0 aliphatic carbocycles. The Morgan fingerprint density at radius 3 is 2.67 bits per heavy atom. The van der Waals surface area contributed by atoms with Crippen LogP contribution in [-0.4, -0.2) is 51.0 Å². The second-order valence-electron chi connectivity index (χ2n) is 7.47. The molecule has 0 bridgehead atoms. The largest absolute Gasteiger partial charge is 0.360 e. The SMILES string of the molecule is C#CCNC(=O)c1ccccc1Nc1ccc(/C(=N\C)C(=O)NC)c(NC2CCCCO2)c1. The van der Waals surface area contributed by atoms with Gasteiger partial charge in [0.05, 0.1) is 17.8 Å². The zero-order valence-corrected chi connectivity index (χ0v) is 18.9. The molecular weight excluding hydrogens is 418 g/mol. The van der Waals surface area contributed by atoms with Crippen LogP contribution in [-0.2, 0) is 9.53 Å². The number of nitrogens with one attached hydrogen (secondary N) is 4. The lowest BCUT2D eigenvalue weighted by Crippen LogP contribution is -2.31. The lowest BCUT2D eigenvalue weighted by molar-refractivity contribution is -0.114. The second kappa shape index (κ2) is 11.7. The van der Waals surface area contributed by atoms with Crippen molar-refractivity contribution in [3.05, 3.63) is 53.6 Å². The molecule has 4 N–H and O–H groups in total. The van der Waals surface area contributed by atoms with Crippen molar-refractivity contribution in [2.75, 3.05) is 37.9 Å². The number of carbonyl (C=O) groups is 2. The van der Waals surface area contributed by atoms with E-state index in [9.17, 15) is 9.59 Å². The number of hydrogen-bond donors (Lipinski definition) is 4. The molecule has 0 saturated carbocycles. The van der Waals surface area contributed by atoms with Crippen molar-refractivity contribution < 1.29 is 14.3 Å². The molecule has 1 fully saturated rings. The first-order chi connectivity index (χ1) is 16.1. The first-order valence-electron chi connectivity index (χ1n) is 10.9. The zero-order valence-electron chi connectivity index (χ0n) is 18.9. The van der Waals surface area contributed by atoms with E-state index in [0.29, 0.717) is 34.8 Å². The minimum Gasteiger partial charge on any atom is -0.360 e. The lowest BCUT2D eigenvalue weighted by Gasteiger charge is -2.26. The molecule has 1 unspecified atom stereocenters. The normalized spacial score (nSPS) is 15.8. The van der Waals surface area contributed by atoms with Gasteiger partial charge in [0.2, 0.25) is 0 Å². The van der Waals surface area contributed by atoms with Crippen LogP contribution in [0.15, 0.2) is 47.5 Å². The van der Waals surface area contributed by atoms with Gasteiger partial charge in [-0.2, -0.15) is 0 Å². The molecule has 172 valence electrons. The fourth-order valence-corrected chi connectivity index (χ4v) is 3.61. The second-order valence-corrected chi connectivity index (χ2v) is 7.47. The minimum atomic E-state index is -0.277. The monoisotopic (exact) mass is 447 g/mol. The summed E-state index contributed by atoms with van der Waals surface area (Å²) in [5.41, 5.74) is 3.54. The van der Waals surface area contributed by atoms with Crippen LogP contribution in [0, 0.1) is 12.3 Å². The fraction of sp³-hybridized carbons (Fsp3) is 0.320. The van der Waals surface area contributed by atoms with E-state index in [0.717, 1.165) is 24.9 Å². The molecule has 8 heteroatoms. The van der Waals surface area contributed by atoms with Crippen LogP contribution in [0.3, 0.4) is 0 Å². The molecule has 0 spiro atoms. The number of aliphatic imine (C=N–C) groups is 1. The number of nitrogens with zero attached hydrogens (tertiary/aromatic N) is 1. The third-order valence-corrected chi connectivity index (χ3v) is 5.24.